The lowest BCUT2D eigenvalue weighted by atomic mass is 10.2. The van der Waals surface area contributed by atoms with Gasteiger partial charge in [0, 0.05) is 23.9 Å². The zero-order valence-corrected chi connectivity index (χ0v) is 20.1. The van der Waals surface area contributed by atoms with E-state index in [1.807, 2.05) is 91.0 Å². The van der Waals surface area contributed by atoms with E-state index < -0.39 is 0 Å². The summed E-state index contributed by atoms with van der Waals surface area (Å²) in [5, 5.41) is 6.02. The van der Waals surface area contributed by atoms with Crippen molar-refractivity contribution in [2.24, 2.45) is 0 Å². The maximum atomic E-state index is 12.4. The average Bonchev–Trinajstić information content (AvgIpc) is 2.92. The number of rotatable bonds is 13. The first-order chi connectivity index (χ1) is 17.7. The molecule has 0 radical (unpaired) electrons. The van der Waals surface area contributed by atoms with Gasteiger partial charge in [-0.1, -0.05) is 54.6 Å². The molecule has 0 saturated heterocycles. The monoisotopic (exact) mass is 482 g/mol. The van der Waals surface area contributed by atoms with Gasteiger partial charge in [-0.3, -0.25) is 4.79 Å². The van der Waals surface area contributed by atoms with E-state index in [9.17, 15) is 4.79 Å². The van der Waals surface area contributed by atoms with Crippen LogP contribution in [0.1, 0.15) is 5.56 Å². The molecule has 1 amide bonds. The van der Waals surface area contributed by atoms with Gasteiger partial charge < -0.3 is 24.8 Å². The van der Waals surface area contributed by atoms with Crippen LogP contribution in [-0.2, 0) is 11.2 Å². The van der Waals surface area contributed by atoms with E-state index in [1.54, 1.807) is 6.07 Å². The smallest absolute Gasteiger partial charge is 0.243 e. The van der Waals surface area contributed by atoms with Crippen molar-refractivity contribution in [3.05, 3.63) is 115 Å². The number of ether oxygens (including phenoxy) is 3. The van der Waals surface area contributed by atoms with Crippen LogP contribution >= 0.6 is 0 Å². The standard InChI is InChI=1S/C30H30N2O4/c33-30(23-31-25-14-16-28(17-15-25)34-19-18-24-8-3-1-4-9-24)32-26-10-7-13-29(22-26)36-21-20-35-27-11-5-2-6-12-27/h1-17,22,31H,18-21,23H2,(H,32,33). The highest BCUT2D eigenvalue weighted by Gasteiger charge is 2.05. The molecule has 6 heteroatoms. The van der Waals surface area contributed by atoms with E-state index in [0.717, 1.165) is 23.6 Å². The Labute approximate surface area is 211 Å². The van der Waals surface area contributed by atoms with E-state index in [4.69, 9.17) is 14.2 Å². The highest BCUT2D eigenvalue weighted by atomic mass is 16.5. The Bertz CT molecular complexity index is 1200. The van der Waals surface area contributed by atoms with E-state index in [-0.39, 0.29) is 12.5 Å². The molecule has 6 nitrogen and oxygen atoms in total. The van der Waals surface area contributed by atoms with Crippen molar-refractivity contribution < 1.29 is 19.0 Å². The minimum atomic E-state index is -0.150. The maximum Gasteiger partial charge on any atom is 0.243 e. The number of carbonyl (C=O) groups is 1. The summed E-state index contributed by atoms with van der Waals surface area (Å²) in [6, 6.07) is 34.7. The average molecular weight is 483 g/mol. The molecule has 2 N–H and O–H groups in total. The molecule has 0 atom stereocenters. The molecule has 0 aliphatic carbocycles. The first-order valence-electron chi connectivity index (χ1n) is 12.0. The predicted molar refractivity (Wildman–Crippen MR) is 143 cm³/mol. The second-order valence-electron chi connectivity index (χ2n) is 8.05. The van der Waals surface area contributed by atoms with Gasteiger partial charge in [-0.05, 0) is 54.1 Å². The molecule has 4 aromatic rings. The summed E-state index contributed by atoms with van der Waals surface area (Å²) in [6.07, 6.45) is 0.856. The SMILES string of the molecule is O=C(CNc1ccc(OCCc2ccccc2)cc1)Nc1cccc(OCCOc2ccccc2)c1. The van der Waals surface area contributed by atoms with Crippen LogP contribution in [0.5, 0.6) is 17.2 Å². The fraction of sp³-hybridized carbons (Fsp3) is 0.167. The summed E-state index contributed by atoms with van der Waals surface area (Å²) in [7, 11) is 0. The van der Waals surface area contributed by atoms with Gasteiger partial charge in [0.25, 0.3) is 0 Å². The minimum absolute atomic E-state index is 0.143. The van der Waals surface area contributed by atoms with Crippen LogP contribution in [0.2, 0.25) is 0 Å². The number of hydrogen-bond donors (Lipinski definition) is 2. The quantitative estimate of drug-likeness (QED) is 0.235. The Morgan fingerprint density at radius 3 is 1.94 bits per heavy atom. The number of hydrogen-bond acceptors (Lipinski definition) is 5. The summed E-state index contributed by atoms with van der Waals surface area (Å²) < 4.78 is 17.2. The van der Waals surface area contributed by atoms with Crippen molar-refractivity contribution in [3.8, 4) is 17.2 Å². The van der Waals surface area contributed by atoms with Gasteiger partial charge in [0.1, 0.15) is 30.5 Å². The number of benzene rings is 4. The number of amides is 1. The van der Waals surface area contributed by atoms with E-state index in [2.05, 4.69) is 22.8 Å². The molecule has 36 heavy (non-hydrogen) atoms. The zero-order valence-electron chi connectivity index (χ0n) is 20.1. The van der Waals surface area contributed by atoms with Crippen LogP contribution in [0.3, 0.4) is 0 Å². The second kappa shape index (κ2) is 13.4. The third-order valence-electron chi connectivity index (χ3n) is 5.29. The first-order valence-corrected chi connectivity index (χ1v) is 12.0. The van der Waals surface area contributed by atoms with Crippen molar-refractivity contribution in [1.29, 1.82) is 0 Å². The second-order valence-corrected chi connectivity index (χ2v) is 8.05. The minimum Gasteiger partial charge on any atom is -0.493 e. The molecule has 0 aliphatic heterocycles. The van der Waals surface area contributed by atoms with Crippen molar-refractivity contribution in [1.82, 2.24) is 0 Å². The van der Waals surface area contributed by atoms with Gasteiger partial charge in [-0.2, -0.15) is 0 Å². The first kappa shape index (κ1) is 24.7. The Morgan fingerprint density at radius 2 is 1.19 bits per heavy atom. The van der Waals surface area contributed by atoms with Crippen LogP contribution in [0.25, 0.3) is 0 Å². The molecule has 0 aliphatic rings. The van der Waals surface area contributed by atoms with E-state index in [1.165, 1.54) is 5.56 Å². The van der Waals surface area contributed by atoms with Crippen molar-refractivity contribution >= 4 is 17.3 Å². The maximum absolute atomic E-state index is 12.4. The summed E-state index contributed by atoms with van der Waals surface area (Å²) in [5.74, 6) is 2.12. The van der Waals surface area contributed by atoms with Gasteiger partial charge >= 0.3 is 0 Å². The summed E-state index contributed by atoms with van der Waals surface area (Å²) in [4.78, 5) is 12.4. The molecule has 0 spiro atoms. The molecule has 0 bridgehead atoms. The predicted octanol–water partition coefficient (Wildman–Crippen LogP) is 5.82. The fourth-order valence-corrected chi connectivity index (χ4v) is 3.49. The number of anilines is 2. The van der Waals surface area contributed by atoms with Crippen LogP contribution in [-0.4, -0.2) is 32.3 Å². The van der Waals surface area contributed by atoms with Crippen molar-refractivity contribution in [2.45, 2.75) is 6.42 Å². The van der Waals surface area contributed by atoms with E-state index >= 15 is 0 Å². The van der Waals surface area contributed by atoms with Gasteiger partial charge in [0.15, 0.2) is 0 Å². The highest BCUT2D eigenvalue weighted by molar-refractivity contribution is 5.93. The molecule has 0 heterocycles. The Kier molecular flexibility index (Phi) is 9.21. The molecule has 184 valence electrons. The van der Waals surface area contributed by atoms with Gasteiger partial charge in [0.2, 0.25) is 5.91 Å². The van der Waals surface area contributed by atoms with Crippen LogP contribution in [0.4, 0.5) is 11.4 Å². The molecule has 4 rings (SSSR count). The van der Waals surface area contributed by atoms with E-state index in [0.29, 0.717) is 31.3 Å². The van der Waals surface area contributed by atoms with Gasteiger partial charge in [-0.25, -0.2) is 0 Å². The topological polar surface area (TPSA) is 68.8 Å². The number of para-hydroxylation sites is 1. The molecular weight excluding hydrogens is 452 g/mol. The zero-order chi connectivity index (χ0) is 24.8. The lowest BCUT2D eigenvalue weighted by Crippen LogP contribution is -2.21. The lowest BCUT2D eigenvalue weighted by Gasteiger charge is -2.11. The molecular formula is C30H30N2O4. The Morgan fingerprint density at radius 1 is 0.583 bits per heavy atom. The Balaban J connectivity index is 1.15. The van der Waals surface area contributed by atoms with Crippen molar-refractivity contribution in [3.63, 3.8) is 0 Å². The normalized spacial score (nSPS) is 10.3. The fourth-order valence-electron chi connectivity index (χ4n) is 3.49. The number of carbonyl (C=O) groups excluding carboxylic acids is 1. The number of nitrogens with one attached hydrogen (secondary N) is 2. The molecule has 0 unspecified atom stereocenters. The van der Waals surface area contributed by atoms with Crippen LogP contribution < -0.4 is 24.8 Å². The summed E-state index contributed by atoms with van der Waals surface area (Å²) in [6.45, 7) is 1.59. The summed E-state index contributed by atoms with van der Waals surface area (Å²) >= 11 is 0. The third-order valence-corrected chi connectivity index (χ3v) is 5.29. The van der Waals surface area contributed by atoms with Crippen LogP contribution in [0.15, 0.2) is 109 Å². The molecule has 0 fully saturated rings. The van der Waals surface area contributed by atoms with Gasteiger partial charge in [-0.15, -0.1) is 0 Å². The molecule has 0 aromatic heterocycles. The van der Waals surface area contributed by atoms with Crippen molar-refractivity contribution in [2.75, 3.05) is 37.0 Å². The van der Waals surface area contributed by atoms with Crippen LogP contribution in [0, 0.1) is 0 Å². The lowest BCUT2D eigenvalue weighted by molar-refractivity contribution is -0.114. The largest absolute Gasteiger partial charge is 0.493 e. The Hall–Kier alpha value is -4.45. The van der Waals surface area contributed by atoms with Gasteiger partial charge in [0.05, 0.1) is 13.2 Å². The molecule has 0 saturated carbocycles. The highest BCUT2D eigenvalue weighted by Crippen LogP contribution is 2.18. The molecule has 4 aromatic carbocycles. The third kappa shape index (κ3) is 8.40. The summed E-state index contributed by atoms with van der Waals surface area (Å²) in [5.41, 5.74) is 2.76.